The molecule has 0 spiro atoms. The topological polar surface area (TPSA) is 43.4 Å². The fraction of sp³-hybridized carbons (Fsp3) is 0.643. The predicted octanol–water partition coefficient (Wildman–Crippen LogP) is 2.17. The molecule has 18 heavy (non-hydrogen) atoms. The minimum atomic E-state index is 0.330. The molecule has 1 fully saturated rings. The molecule has 2 rings (SSSR count). The van der Waals surface area contributed by atoms with E-state index in [1.54, 1.807) is 13.3 Å². The molecule has 1 unspecified atom stereocenters. The largest absolute Gasteiger partial charge is 0.495 e. The molecule has 1 N–H and O–H groups in total. The van der Waals surface area contributed by atoms with Crippen molar-refractivity contribution < 1.29 is 9.47 Å². The zero-order valence-corrected chi connectivity index (χ0v) is 11.2. The molecule has 1 aromatic heterocycles. The third kappa shape index (κ3) is 3.00. The van der Waals surface area contributed by atoms with Crippen LogP contribution in [0.1, 0.15) is 31.4 Å². The molecule has 4 heteroatoms. The Bertz CT molecular complexity index is 365. The Balaban J connectivity index is 2.22. The van der Waals surface area contributed by atoms with Gasteiger partial charge in [0, 0.05) is 31.0 Å². The van der Waals surface area contributed by atoms with E-state index in [-0.39, 0.29) is 0 Å². The Morgan fingerprint density at radius 2 is 2.28 bits per heavy atom. The van der Waals surface area contributed by atoms with Gasteiger partial charge in [-0.3, -0.25) is 4.98 Å². The van der Waals surface area contributed by atoms with Crippen LogP contribution in [0.3, 0.4) is 0 Å². The Labute approximate surface area is 109 Å². The minimum absolute atomic E-state index is 0.330. The standard InChI is InChI=1S/C14H22N2O2/c1-3-16-14(11-5-8-18-9-6-11)12-4-7-15-10-13(12)17-2/h4,7,10-11,14,16H,3,5-6,8-9H2,1-2H3. The van der Waals surface area contributed by atoms with Crippen LogP contribution in [-0.2, 0) is 4.74 Å². The van der Waals surface area contributed by atoms with Crippen LogP contribution in [-0.4, -0.2) is 31.9 Å². The molecule has 0 amide bonds. The van der Waals surface area contributed by atoms with Crippen LogP contribution in [0, 0.1) is 5.92 Å². The SMILES string of the molecule is CCNC(c1ccncc1OC)C1CCOCC1. The summed E-state index contributed by atoms with van der Waals surface area (Å²) in [6.45, 7) is 4.81. The van der Waals surface area contributed by atoms with E-state index in [2.05, 4.69) is 23.3 Å². The van der Waals surface area contributed by atoms with Gasteiger partial charge in [-0.2, -0.15) is 0 Å². The van der Waals surface area contributed by atoms with Crippen molar-refractivity contribution in [3.05, 3.63) is 24.0 Å². The normalized spacial score (nSPS) is 18.6. The van der Waals surface area contributed by atoms with Crippen LogP contribution < -0.4 is 10.1 Å². The molecule has 1 atom stereocenters. The van der Waals surface area contributed by atoms with Crippen LogP contribution in [0.4, 0.5) is 0 Å². The Morgan fingerprint density at radius 1 is 1.50 bits per heavy atom. The van der Waals surface area contributed by atoms with E-state index in [4.69, 9.17) is 9.47 Å². The number of hydrogen-bond donors (Lipinski definition) is 1. The first-order chi connectivity index (χ1) is 8.86. The molecule has 100 valence electrons. The predicted molar refractivity (Wildman–Crippen MR) is 70.7 cm³/mol. The fourth-order valence-electron chi connectivity index (χ4n) is 2.62. The van der Waals surface area contributed by atoms with Crippen molar-refractivity contribution in [1.29, 1.82) is 0 Å². The van der Waals surface area contributed by atoms with Gasteiger partial charge in [0.15, 0.2) is 0 Å². The average molecular weight is 250 g/mol. The van der Waals surface area contributed by atoms with Crippen LogP contribution in [0.25, 0.3) is 0 Å². The van der Waals surface area contributed by atoms with Gasteiger partial charge in [0.2, 0.25) is 0 Å². The molecule has 0 saturated carbocycles. The minimum Gasteiger partial charge on any atom is -0.495 e. The molecule has 0 radical (unpaired) electrons. The number of hydrogen-bond acceptors (Lipinski definition) is 4. The van der Waals surface area contributed by atoms with Crippen LogP contribution in [0.2, 0.25) is 0 Å². The summed E-state index contributed by atoms with van der Waals surface area (Å²) >= 11 is 0. The maximum atomic E-state index is 5.45. The molecule has 0 aromatic carbocycles. The zero-order chi connectivity index (χ0) is 12.8. The lowest BCUT2D eigenvalue weighted by atomic mass is 9.87. The number of pyridine rings is 1. The smallest absolute Gasteiger partial charge is 0.141 e. The van der Waals surface area contributed by atoms with Crippen LogP contribution >= 0.6 is 0 Å². The van der Waals surface area contributed by atoms with Crippen molar-refractivity contribution in [1.82, 2.24) is 10.3 Å². The molecule has 1 saturated heterocycles. The van der Waals surface area contributed by atoms with Gasteiger partial charge in [0.05, 0.1) is 13.3 Å². The summed E-state index contributed by atoms with van der Waals surface area (Å²) < 4.78 is 10.9. The van der Waals surface area contributed by atoms with Crippen molar-refractivity contribution in [2.75, 3.05) is 26.9 Å². The molecular formula is C14H22N2O2. The number of aromatic nitrogens is 1. The fourth-order valence-corrected chi connectivity index (χ4v) is 2.62. The molecule has 4 nitrogen and oxygen atoms in total. The highest BCUT2D eigenvalue weighted by Crippen LogP contribution is 2.34. The third-order valence-electron chi connectivity index (χ3n) is 3.53. The van der Waals surface area contributed by atoms with Gasteiger partial charge in [0.25, 0.3) is 0 Å². The van der Waals surface area contributed by atoms with E-state index in [0.29, 0.717) is 12.0 Å². The summed E-state index contributed by atoms with van der Waals surface area (Å²) in [6, 6.07) is 2.39. The number of ether oxygens (including phenoxy) is 2. The number of nitrogens with zero attached hydrogens (tertiary/aromatic N) is 1. The van der Waals surface area contributed by atoms with Crippen LogP contribution in [0.5, 0.6) is 5.75 Å². The highest BCUT2D eigenvalue weighted by atomic mass is 16.5. The maximum Gasteiger partial charge on any atom is 0.141 e. The number of methoxy groups -OCH3 is 1. The van der Waals surface area contributed by atoms with E-state index < -0.39 is 0 Å². The van der Waals surface area contributed by atoms with E-state index in [1.807, 2.05) is 6.20 Å². The van der Waals surface area contributed by atoms with Gasteiger partial charge < -0.3 is 14.8 Å². The van der Waals surface area contributed by atoms with Crippen molar-refractivity contribution in [3.63, 3.8) is 0 Å². The van der Waals surface area contributed by atoms with Gasteiger partial charge in [-0.25, -0.2) is 0 Å². The van der Waals surface area contributed by atoms with Crippen molar-refractivity contribution in [2.24, 2.45) is 5.92 Å². The lowest BCUT2D eigenvalue weighted by Crippen LogP contribution is -2.32. The second kappa shape index (κ2) is 6.71. The molecule has 1 aliphatic heterocycles. The summed E-state index contributed by atoms with van der Waals surface area (Å²) in [7, 11) is 1.70. The highest BCUT2D eigenvalue weighted by Gasteiger charge is 2.26. The average Bonchev–Trinajstić information content (AvgIpc) is 2.46. The zero-order valence-electron chi connectivity index (χ0n) is 11.2. The van der Waals surface area contributed by atoms with Crippen molar-refractivity contribution in [2.45, 2.75) is 25.8 Å². The summed E-state index contributed by atoms with van der Waals surface area (Å²) in [5.74, 6) is 1.48. The van der Waals surface area contributed by atoms with Gasteiger partial charge in [0.1, 0.15) is 5.75 Å². The lowest BCUT2D eigenvalue weighted by molar-refractivity contribution is 0.0535. The Hall–Kier alpha value is -1.13. The molecule has 2 heterocycles. The number of rotatable bonds is 5. The monoisotopic (exact) mass is 250 g/mol. The summed E-state index contributed by atoms with van der Waals surface area (Å²) in [5.41, 5.74) is 1.21. The first-order valence-electron chi connectivity index (χ1n) is 6.65. The van der Waals surface area contributed by atoms with E-state index in [1.165, 1.54) is 5.56 Å². The summed E-state index contributed by atoms with van der Waals surface area (Å²) in [6.07, 6.45) is 5.83. The molecule has 0 bridgehead atoms. The molecule has 0 aliphatic carbocycles. The van der Waals surface area contributed by atoms with Crippen molar-refractivity contribution in [3.8, 4) is 5.75 Å². The molecular weight excluding hydrogens is 228 g/mol. The van der Waals surface area contributed by atoms with Gasteiger partial charge >= 0.3 is 0 Å². The highest BCUT2D eigenvalue weighted by molar-refractivity contribution is 5.33. The molecule has 1 aromatic rings. The summed E-state index contributed by atoms with van der Waals surface area (Å²) in [4.78, 5) is 4.13. The molecule has 1 aliphatic rings. The number of nitrogens with one attached hydrogen (secondary N) is 1. The second-order valence-corrected chi connectivity index (χ2v) is 4.60. The second-order valence-electron chi connectivity index (χ2n) is 4.60. The summed E-state index contributed by atoms with van der Waals surface area (Å²) in [5, 5.41) is 3.58. The lowest BCUT2D eigenvalue weighted by Gasteiger charge is -2.31. The Kier molecular flexibility index (Phi) is 4.96. The Morgan fingerprint density at radius 3 is 2.94 bits per heavy atom. The maximum absolute atomic E-state index is 5.45. The van der Waals surface area contributed by atoms with E-state index in [9.17, 15) is 0 Å². The van der Waals surface area contributed by atoms with Crippen LogP contribution in [0.15, 0.2) is 18.5 Å². The van der Waals surface area contributed by atoms with Gasteiger partial charge in [-0.05, 0) is 31.4 Å². The van der Waals surface area contributed by atoms with E-state index in [0.717, 1.165) is 38.3 Å². The third-order valence-corrected chi connectivity index (χ3v) is 3.53. The van der Waals surface area contributed by atoms with E-state index >= 15 is 0 Å². The first kappa shape index (κ1) is 13.3. The van der Waals surface area contributed by atoms with Gasteiger partial charge in [-0.1, -0.05) is 6.92 Å². The quantitative estimate of drug-likeness (QED) is 0.869. The van der Waals surface area contributed by atoms with Crippen molar-refractivity contribution >= 4 is 0 Å². The first-order valence-corrected chi connectivity index (χ1v) is 6.65. The van der Waals surface area contributed by atoms with Gasteiger partial charge in [-0.15, -0.1) is 0 Å².